The van der Waals surface area contributed by atoms with Crippen LogP contribution in [0.2, 0.25) is 0 Å². The van der Waals surface area contributed by atoms with Gasteiger partial charge in [0.25, 0.3) is 0 Å². The summed E-state index contributed by atoms with van der Waals surface area (Å²) < 4.78 is 4.77. The van der Waals surface area contributed by atoms with Gasteiger partial charge in [-0.25, -0.2) is 19.9 Å². The third-order valence-electron chi connectivity index (χ3n) is 24.3. The second kappa shape index (κ2) is 30.0. The van der Waals surface area contributed by atoms with Gasteiger partial charge in [-0.15, -0.1) is 0 Å². The van der Waals surface area contributed by atoms with Gasteiger partial charge in [-0.2, -0.15) is 0 Å². The van der Waals surface area contributed by atoms with Crippen molar-refractivity contribution in [1.29, 1.82) is 0 Å². The smallest absolute Gasteiger partial charge is 0.160 e. The van der Waals surface area contributed by atoms with E-state index in [2.05, 4.69) is 434 Å². The lowest BCUT2D eigenvalue weighted by atomic mass is 9.94. The molecule has 0 aliphatic carbocycles. The van der Waals surface area contributed by atoms with Crippen LogP contribution in [-0.2, 0) is 0 Å². The molecule has 0 aliphatic rings. The molecule has 0 bridgehead atoms. The summed E-state index contributed by atoms with van der Waals surface area (Å²) in [6, 6.07) is 161. The fourth-order valence-electron chi connectivity index (χ4n) is 18.3. The van der Waals surface area contributed by atoms with Gasteiger partial charge in [-0.05, 0) is 237 Å². The molecule has 122 heavy (non-hydrogen) atoms. The van der Waals surface area contributed by atoms with E-state index in [0.29, 0.717) is 11.6 Å². The molecule has 4 aromatic heterocycles. The molecule has 6 nitrogen and oxygen atoms in total. The Labute approximate surface area is 705 Å². The molecule has 0 spiro atoms. The van der Waals surface area contributed by atoms with Gasteiger partial charge in [0.15, 0.2) is 11.6 Å². The molecule has 0 fully saturated rings. The minimum Gasteiger partial charge on any atom is -0.309 e. The fourth-order valence-corrected chi connectivity index (χ4v) is 18.3. The van der Waals surface area contributed by atoms with Crippen molar-refractivity contribution < 1.29 is 0 Å². The van der Waals surface area contributed by atoms with Crippen molar-refractivity contribution in [3.63, 3.8) is 0 Å². The van der Waals surface area contributed by atoms with E-state index in [1.54, 1.807) is 0 Å². The molecule has 24 aromatic rings. The van der Waals surface area contributed by atoms with Gasteiger partial charge >= 0.3 is 0 Å². The Hall–Kier alpha value is -16.3. The molecular formula is C116H74N6. The van der Waals surface area contributed by atoms with E-state index >= 15 is 0 Å². The van der Waals surface area contributed by atoms with Gasteiger partial charge in [-0.3, -0.25) is 0 Å². The van der Waals surface area contributed by atoms with Gasteiger partial charge in [0, 0.05) is 66.3 Å². The third-order valence-corrected chi connectivity index (χ3v) is 24.3. The van der Waals surface area contributed by atoms with Crippen molar-refractivity contribution in [2.45, 2.75) is 0 Å². The van der Waals surface area contributed by atoms with E-state index in [1.807, 2.05) is 24.3 Å². The van der Waals surface area contributed by atoms with E-state index < -0.39 is 0 Å². The number of fused-ring (bicyclic) bond motifs is 14. The highest BCUT2D eigenvalue weighted by atomic mass is 15.0. The summed E-state index contributed by atoms with van der Waals surface area (Å²) in [6.45, 7) is 0. The van der Waals surface area contributed by atoms with Gasteiger partial charge in [0.1, 0.15) is 0 Å². The number of aromatic nitrogens is 6. The van der Waals surface area contributed by atoms with Crippen LogP contribution in [0.3, 0.4) is 0 Å². The normalized spacial score (nSPS) is 11.6. The van der Waals surface area contributed by atoms with Crippen molar-refractivity contribution >= 4 is 108 Å². The number of hydrogen-bond donors (Lipinski definition) is 0. The molecule has 4 heterocycles. The fraction of sp³-hybridized carbons (Fsp3) is 0. The standard InChI is InChI=1S/2C58H37N3/c1-3-13-39(14-4-1)53-37-54(40-15-5-2-6-16-40)60-58(59-53)41-26-30-48(31-27-41)61-55-21-10-9-19-52(55)57-51-32-28-45(36-47(51)29-33-56(57)61)42-22-23-44-35-46(25-24-43(44)34-42)50-20-11-17-38-12-7-8-18-49(38)50;1-3-12-39(13-4-1)53-37-54(40-14-5-2-6-15-40)60-58(59-53)41-25-29-50(30-26-41)61-55-18-10-9-17-52(55)57-51-31-27-48(36-49(51)28-32-56(57)61)47-24-23-45-34-44(21-22-46(45)35-47)43-20-19-38-11-7-8-16-42(38)33-43/h2*1-37H. The summed E-state index contributed by atoms with van der Waals surface area (Å²) in [4.78, 5) is 20.3. The molecule has 20 aromatic carbocycles. The van der Waals surface area contributed by atoms with Crippen LogP contribution in [0.15, 0.2) is 449 Å². The van der Waals surface area contributed by atoms with Crippen LogP contribution in [0, 0.1) is 0 Å². The van der Waals surface area contributed by atoms with E-state index in [1.165, 1.54) is 153 Å². The monoisotopic (exact) mass is 1550 g/mol. The minimum absolute atomic E-state index is 0.702. The van der Waals surface area contributed by atoms with E-state index in [4.69, 9.17) is 19.9 Å². The molecular weight excluding hydrogens is 1480 g/mol. The number of nitrogens with zero attached hydrogens (tertiary/aromatic N) is 6. The van der Waals surface area contributed by atoms with Gasteiger partial charge in [0.05, 0.1) is 44.8 Å². The molecule has 6 heteroatoms. The molecule has 24 rings (SSSR count). The lowest BCUT2D eigenvalue weighted by Crippen LogP contribution is -1.97. The largest absolute Gasteiger partial charge is 0.309 e. The van der Waals surface area contributed by atoms with Crippen LogP contribution in [0.1, 0.15) is 0 Å². The summed E-state index contributed by atoms with van der Waals surface area (Å²) in [6.07, 6.45) is 0. The Kier molecular flexibility index (Phi) is 17.5. The maximum absolute atomic E-state index is 5.08. The first-order chi connectivity index (χ1) is 60.4. The summed E-state index contributed by atoms with van der Waals surface area (Å²) in [5.74, 6) is 1.40. The van der Waals surface area contributed by atoms with E-state index in [-0.39, 0.29) is 0 Å². The molecule has 0 saturated heterocycles. The first kappa shape index (κ1) is 71.1. The van der Waals surface area contributed by atoms with Crippen molar-refractivity contribution in [3.8, 4) is 124 Å². The Balaban J connectivity index is 0.000000142. The quantitative estimate of drug-likeness (QED) is 0.122. The van der Waals surface area contributed by atoms with E-state index in [9.17, 15) is 0 Å². The van der Waals surface area contributed by atoms with Crippen LogP contribution >= 0.6 is 0 Å². The van der Waals surface area contributed by atoms with Gasteiger partial charge < -0.3 is 9.13 Å². The summed E-state index contributed by atoms with van der Waals surface area (Å²) >= 11 is 0. The molecule has 0 aliphatic heterocycles. The highest BCUT2D eigenvalue weighted by molar-refractivity contribution is 6.23. The minimum atomic E-state index is 0.702. The molecule has 0 unspecified atom stereocenters. The second-order valence-corrected chi connectivity index (χ2v) is 31.6. The molecule has 0 radical (unpaired) electrons. The molecule has 0 atom stereocenters. The van der Waals surface area contributed by atoms with Crippen molar-refractivity contribution in [3.05, 3.63) is 449 Å². The Bertz CT molecular complexity index is 8090. The van der Waals surface area contributed by atoms with Crippen LogP contribution in [0.25, 0.3) is 232 Å². The Morgan fingerprint density at radius 2 is 0.434 bits per heavy atom. The second-order valence-electron chi connectivity index (χ2n) is 31.6. The molecule has 0 saturated carbocycles. The molecule has 0 amide bonds. The van der Waals surface area contributed by atoms with Crippen molar-refractivity contribution in [2.24, 2.45) is 0 Å². The van der Waals surface area contributed by atoms with Crippen LogP contribution in [0.4, 0.5) is 0 Å². The Morgan fingerprint density at radius 3 is 0.844 bits per heavy atom. The topological polar surface area (TPSA) is 61.4 Å². The predicted molar refractivity (Wildman–Crippen MR) is 512 cm³/mol. The Morgan fingerprint density at radius 1 is 0.148 bits per heavy atom. The first-order valence-corrected chi connectivity index (χ1v) is 41.6. The van der Waals surface area contributed by atoms with Gasteiger partial charge in [0.2, 0.25) is 0 Å². The zero-order chi connectivity index (χ0) is 80.6. The van der Waals surface area contributed by atoms with Crippen LogP contribution < -0.4 is 0 Å². The first-order valence-electron chi connectivity index (χ1n) is 41.6. The lowest BCUT2D eigenvalue weighted by Gasteiger charge is -2.12. The van der Waals surface area contributed by atoms with Crippen molar-refractivity contribution in [1.82, 2.24) is 29.1 Å². The average Bonchev–Trinajstić information content (AvgIpc) is 1.56. The van der Waals surface area contributed by atoms with Crippen LogP contribution in [-0.4, -0.2) is 29.1 Å². The zero-order valence-corrected chi connectivity index (χ0v) is 66.4. The van der Waals surface area contributed by atoms with Crippen molar-refractivity contribution in [2.75, 3.05) is 0 Å². The van der Waals surface area contributed by atoms with Crippen LogP contribution in [0.5, 0.6) is 0 Å². The maximum atomic E-state index is 5.08. The highest BCUT2D eigenvalue weighted by Gasteiger charge is 2.21. The summed E-state index contributed by atoms with van der Waals surface area (Å²) in [5.41, 5.74) is 26.5. The zero-order valence-electron chi connectivity index (χ0n) is 66.4. The number of hydrogen-bond acceptors (Lipinski definition) is 4. The summed E-state index contributed by atoms with van der Waals surface area (Å²) in [5, 5.41) is 19.9. The third kappa shape index (κ3) is 12.9. The number of rotatable bonds is 12. The summed E-state index contributed by atoms with van der Waals surface area (Å²) in [7, 11) is 0. The number of benzene rings is 20. The predicted octanol–water partition coefficient (Wildman–Crippen LogP) is 30.7. The SMILES string of the molecule is c1ccc(-c2cc(-c3ccccc3)nc(-c3ccc(-n4c5ccccc5c5c6ccc(-c7ccc8cc(-c9ccc%10ccccc%10c9)ccc8c7)cc6ccc54)cc3)n2)cc1.c1ccc(-c2cc(-c3ccccc3)nc(-c3ccc(-n4c5ccccc5c5c6ccc(-c7ccc8cc(-c9cccc%10ccccc9%10)ccc8c7)cc6ccc54)cc3)n2)cc1. The molecule has 0 N–H and O–H groups in total. The molecule has 568 valence electrons. The van der Waals surface area contributed by atoms with E-state index in [0.717, 1.165) is 67.5 Å². The highest BCUT2D eigenvalue weighted by Crippen LogP contribution is 2.44. The average molecular weight is 1550 g/mol. The lowest BCUT2D eigenvalue weighted by molar-refractivity contribution is 1.16. The van der Waals surface area contributed by atoms with Gasteiger partial charge in [-0.1, -0.05) is 322 Å². The number of para-hydroxylation sites is 2. The maximum Gasteiger partial charge on any atom is 0.160 e.